The maximum atomic E-state index is 4.45. The van der Waals surface area contributed by atoms with Crippen LogP contribution in [0.15, 0.2) is 18.2 Å². The first kappa shape index (κ1) is 12.4. The highest BCUT2D eigenvalue weighted by Crippen LogP contribution is 2.18. The summed E-state index contributed by atoms with van der Waals surface area (Å²) in [6, 6.07) is 3.03. The van der Waals surface area contributed by atoms with Gasteiger partial charge in [-0.05, 0) is 38.3 Å². The van der Waals surface area contributed by atoms with Gasteiger partial charge in [0.2, 0.25) is 0 Å². The molecule has 0 bridgehead atoms. The molecule has 1 fully saturated rings. The molecule has 1 saturated carbocycles. The molecule has 0 saturated heterocycles. The van der Waals surface area contributed by atoms with Crippen molar-refractivity contribution in [3.05, 3.63) is 29.6 Å². The van der Waals surface area contributed by atoms with E-state index in [1.165, 1.54) is 24.2 Å². The third-order valence-corrected chi connectivity index (χ3v) is 3.20. The van der Waals surface area contributed by atoms with Crippen molar-refractivity contribution >= 4 is 0 Å². The normalized spacial score (nSPS) is 15.9. The van der Waals surface area contributed by atoms with E-state index < -0.39 is 0 Å². The number of nitrogens with one attached hydrogen (secondary N) is 1. The van der Waals surface area contributed by atoms with E-state index in [1.807, 2.05) is 11.7 Å². The molecule has 1 N–H and O–H groups in total. The van der Waals surface area contributed by atoms with Crippen molar-refractivity contribution in [2.24, 2.45) is 7.05 Å². The van der Waals surface area contributed by atoms with Gasteiger partial charge in [0.25, 0.3) is 0 Å². The van der Waals surface area contributed by atoms with Crippen LogP contribution in [0.25, 0.3) is 0 Å². The van der Waals surface area contributed by atoms with E-state index >= 15 is 0 Å². The number of aryl methyl sites for hydroxylation is 2. The highest BCUT2D eigenvalue weighted by atomic mass is 15.3. The highest BCUT2D eigenvalue weighted by molar-refractivity contribution is 5.13. The van der Waals surface area contributed by atoms with Crippen molar-refractivity contribution in [2.75, 3.05) is 6.54 Å². The van der Waals surface area contributed by atoms with Crippen LogP contribution in [0.5, 0.6) is 0 Å². The number of nitrogens with zero attached hydrogens (tertiary/aromatic N) is 2. The molecule has 3 heteroatoms. The second kappa shape index (κ2) is 6.01. The van der Waals surface area contributed by atoms with Gasteiger partial charge in [0.1, 0.15) is 0 Å². The minimum Gasteiger partial charge on any atom is -0.314 e. The second-order valence-electron chi connectivity index (χ2n) is 4.80. The molecule has 1 aromatic heterocycles. The first-order valence-electron chi connectivity index (χ1n) is 6.69. The first-order chi connectivity index (χ1) is 8.29. The molecule has 2 rings (SSSR count). The van der Waals surface area contributed by atoms with E-state index in [4.69, 9.17) is 0 Å². The Morgan fingerprint density at radius 3 is 2.94 bits per heavy atom. The van der Waals surface area contributed by atoms with E-state index in [9.17, 15) is 0 Å². The van der Waals surface area contributed by atoms with Gasteiger partial charge < -0.3 is 5.32 Å². The topological polar surface area (TPSA) is 29.9 Å². The van der Waals surface area contributed by atoms with Gasteiger partial charge in [-0.15, -0.1) is 0 Å². The molecule has 0 aromatic carbocycles. The first-order valence-corrected chi connectivity index (χ1v) is 6.69. The lowest BCUT2D eigenvalue weighted by Gasteiger charge is -1.98. The van der Waals surface area contributed by atoms with Crippen molar-refractivity contribution in [3.63, 3.8) is 0 Å². The molecule has 0 radical (unpaired) electrons. The van der Waals surface area contributed by atoms with Crippen molar-refractivity contribution in [3.8, 4) is 0 Å². The summed E-state index contributed by atoms with van der Waals surface area (Å²) in [4.78, 5) is 0. The fourth-order valence-electron chi connectivity index (χ4n) is 1.92. The molecule has 1 aromatic rings. The van der Waals surface area contributed by atoms with Crippen LogP contribution >= 0.6 is 0 Å². The van der Waals surface area contributed by atoms with Gasteiger partial charge in [-0.2, -0.15) is 5.10 Å². The predicted octanol–water partition coefficient (Wildman–Crippen LogP) is 2.22. The zero-order valence-electron chi connectivity index (χ0n) is 10.9. The van der Waals surface area contributed by atoms with Crippen LogP contribution < -0.4 is 5.32 Å². The average molecular weight is 233 g/mol. The summed E-state index contributed by atoms with van der Waals surface area (Å²) >= 11 is 0. The largest absolute Gasteiger partial charge is 0.314 e. The molecule has 1 heterocycles. The predicted molar refractivity (Wildman–Crippen MR) is 71.1 cm³/mol. The van der Waals surface area contributed by atoms with Gasteiger partial charge >= 0.3 is 0 Å². The van der Waals surface area contributed by atoms with Crippen LogP contribution in [0.2, 0.25) is 0 Å². The average Bonchev–Trinajstić information content (AvgIpc) is 3.08. The monoisotopic (exact) mass is 233 g/mol. The lowest BCUT2D eigenvalue weighted by atomic mass is 10.2. The SMILES string of the molecule is CCc1cc(CC=CCCNC2CC2)n(C)n1. The molecule has 0 aliphatic heterocycles. The van der Waals surface area contributed by atoms with Gasteiger partial charge in [0, 0.05) is 25.2 Å². The Kier molecular flexibility index (Phi) is 4.37. The van der Waals surface area contributed by atoms with E-state index in [-0.39, 0.29) is 0 Å². The number of hydrogen-bond donors (Lipinski definition) is 1. The molecule has 1 aliphatic rings. The van der Waals surface area contributed by atoms with Crippen LogP contribution in [0.1, 0.15) is 37.6 Å². The molecule has 3 nitrogen and oxygen atoms in total. The maximum absolute atomic E-state index is 4.45. The Morgan fingerprint density at radius 1 is 1.47 bits per heavy atom. The molecule has 1 aliphatic carbocycles. The molecule has 0 amide bonds. The van der Waals surface area contributed by atoms with Crippen molar-refractivity contribution in [1.82, 2.24) is 15.1 Å². The van der Waals surface area contributed by atoms with E-state index in [0.717, 1.165) is 31.8 Å². The van der Waals surface area contributed by atoms with E-state index in [1.54, 1.807) is 0 Å². The lowest BCUT2D eigenvalue weighted by Crippen LogP contribution is -2.16. The zero-order valence-corrected chi connectivity index (χ0v) is 10.9. The molecule has 0 spiro atoms. The standard InChI is InChI=1S/C14H23N3/c1-3-12-11-14(17(2)16-12)7-5-4-6-10-15-13-8-9-13/h4-5,11,13,15H,3,6-10H2,1-2H3. The third kappa shape index (κ3) is 4.00. The van der Waals surface area contributed by atoms with Crippen molar-refractivity contribution in [2.45, 2.75) is 45.1 Å². The van der Waals surface area contributed by atoms with Gasteiger partial charge in [0.15, 0.2) is 0 Å². The lowest BCUT2D eigenvalue weighted by molar-refractivity contribution is 0.688. The Labute approximate surface area is 104 Å². The Bertz CT molecular complexity index is 375. The van der Waals surface area contributed by atoms with E-state index in [2.05, 4.69) is 35.6 Å². The summed E-state index contributed by atoms with van der Waals surface area (Å²) in [6.45, 7) is 3.26. The minimum absolute atomic E-state index is 0.826. The molecule has 0 unspecified atom stereocenters. The number of hydrogen-bond acceptors (Lipinski definition) is 2. The highest BCUT2D eigenvalue weighted by Gasteiger charge is 2.19. The summed E-state index contributed by atoms with van der Waals surface area (Å²) in [6.07, 6.45) is 10.4. The molecule has 94 valence electrons. The summed E-state index contributed by atoms with van der Waals surface area (Å²) in [5.74, 6) is 0. The molecule has 0 atom stereocenters. The number of rotatable bonds is 7. The number of aromatic nitrogens is 2. The van der Waals surface area contributed by atoms with Crippen LogP contribution in [0, 0.1) is 0 Å². The van der Waals surface area contributed by atoms with Gasteiger partial charge in [0.05, 0.1) is 5.69 Å². The van der Waals surface area contributed by atoms with Crippen molar-refractivity contribution in [1.29, 1.82) is 0 Å². The van der Waals surface area contributed by atoms with Crippen LogP contribution in [-0.2, 0) is 19.9 Å². The van der Waals surface area contributed by atoms with Crippen molar-refractivity contribution < 1.29 is 0 Å². The molecule has 17 heavy (non-hydrogen) atoms. The summed E-state index contributed by atoms with van der Waals surface area (Å²) < 4.78 is 1.99. The van der Waals surface area contributed by atoms with Crippen LogP contribution in [-0.4, -0.2) is 22.4 Å². The minimum atomic E-state index is 0.826. The smallest absolute Gasteiger partial charge is 0.0624 e. The quantitative estimate of drug-likeness (QED) is 0.578. The Balaban J connectivity index is 1.68. The third-order valence-electron chi connectivity index (χ3n) is 3.20. The second-order valence-corrected chi connectivity index (χ2v) is 4.80. The summed E-state index contributed by atoms with van der Waals surface area (Å²) in [7, 11) is 2.02. The van der Waals surface area contributed by atoms with Crippen LogP contribution in [0.3, 0.4) is 0 Å². The Morgan fingerprint density at radius 2 is 2.29 bits per heavy atom. The molecular weight excluding hydrogens is 210 g/mol. The zero-order chi connectivity index (χ0) is 12.1. The molecular formula is C14H23N3. The fourth-order valence-corrected chi connectivity index (χ4v) is 1.92. The van der Waals surface area contributed by atoms with Gasteiger partial charge in [-0.1, -0.05) is 19.1 Å². The number of allylic oxidation sites excluding steroid dienone is 1. The Hall–Kier alpha value is -1.09. The summed E-state index contributed by atoms with van der Waals surface area (Å²) in [5.41, 5.74) is 2.49. The fraction of sp³-hybridized carbons (Fsp3) is 0.643. The summed E-state index contributed by atoms with van der Waals surface area (Å²) in [5, 5.41) is 7.96. The maximum Gasteiger partial charge on any atom is 0.0624 e. The van der Waals surface area contributed by atoms with Crippen LogP contribution in [0.4, 0.5) is 0 Å². The van der Waals surface area contributed by atoms with Gasteiger partial charge in [-0.3, -0.25) is 4.68 Å². The van der Waals surface area contributed by atoms with E-state index in [0.29, 0.717) is 0 Å². The van der Waals surface area contributed by atoms with Gasteiger partial charge in [-0.25, -0.2) is 0 Å².